The van der Waals surface area contributed by atoms with E-state index in [1.807, 2.05) is 0 Å². The fourth-order valence-electron chi connectivity index (χ4n) is 2.06. The third-order valence-electron chi connectivity index (χ3n) is 3.19. The second-order valence-corrected chi connectivity index (χ2v) is 5.35. The van der Waals surface area contributed by atoms with Gasteiger partial charge in [-0.2, -0.15) is 0 Å². The molecule has 0 unspecified atom stereocenters. The zero-order valence-electron chi connectivity index (χ0n) is 12.4. The van der Waals surface area contributed by atoms with Crippen molar-refractivity contribution in [1.82, 2.24) is 0 Å². The van der Waals surface area contributed by atoms with E-state index in [-0.39, 0.29) is 5.91 Å². The third kappa shape index (κ3) is 6.29. The highest BCUT2D eigenvalue weighted by molar-refractivity contribution is 6.31. The van der Waals surface area contributed by atoms with E-state index in [0.717, 1.165) is 12.8 Å². The molecule has 3 nitrogen and oxygen atoms in total. The summed E-state index contributed by atoms with van der Waals surface area (Å²) in [6.07, 6.45) is 7.59. The Morgan fingerprint density at radius 1 is 1.20 bits per heavy atom. The van der Waals surface area contributed by atoms with Crippen LogP contribution in [0, 0.1) is 0 Å². The van der Waals surface area contributed by atoms with Crippen LogP contribution in [-0.2, 0) is 4.79 Å². The summed E-state index contributed by atoms with van der Waals surface area (Å²) in [5.41, 5.74) is 0.635. The molecule has 0 atom stereocenters. The number of carbonyl (C=O) groups excluding carboxylic acids is 1. The lowest BCUT2D eigenvalue weighted by atomic mass is 10.1. The first-order valence-electron chi connectivity index (χ1n) is 7.30. The van der Waals surface area contributed by atoms with Crippen LogP contribution in [0.15, 0.2) is 18.2 Å². The summed E-state index contributed by atoms with van der Waals surface area (Å²) < 4.78 is 5.20. The van der Waals surface area contributed by atoms with Crippen LogP contribution in [0.25, 0.3) is 0 Å². The lowest BCUT2D eigenvalue weighted by Crippen LogP contribution is -2.11. The summed E-state index contributed by atoms with van der Waals surface area (Å²) >= 11 is 5.93. The molecule has 0 saturated carbocycles. The van der Waals surface area contributed by atoms with Gasteiger partial charge in [-0.1, -0.05) is 50.6 Å². The van der Waals surface area contributed by atoms with E-state index in [9.17, 15) is 4.79 Å². The van der Waals surface area contributed by atoms with Gasteiger partial charge in [0.05, 0.1) is 12.8 Å². The molecular formula is C16H24ClNO2. The average molecular weight is 298 g/mol. The molecule has 0 aromatic heterocycles. The molecule has 0 aliphatic rings. The summed E-state index contributed by atoms with van der Waals surface area (Å²) in [6, 6.07) is 5.20. The maximum Gasteiger partial charge on any atom is 0.224 e. The van der Waals surface area contributed by atoms with Crippen molar-refractivity contribution >= 4 is 23.2 Å². The zero-order chi connectivity index (χ0) is 14.8. The highest BCUT2D eigenvalue weighted by atomic mass is 35.5. The molecule has 0 spiro atoms. The number of unbranched alkanes of at least 4 members (excludes halogenated alkanes) is 5. The molecule has 20 heavy (non-hydrogen) atoms. The standard InChI is InChI=1S/C16H24ClNO2/c1-3-4-5-6-7-8-9-16(19)18-14-12-13(17)10-11-15(14)20-2/h10-12H,3-9H2,1-2H3,(H,18,19). The van der Waals surface area contributed by atoms with Gasteiger partial charge in [0.1, 0.15) is 5.75 Å². The van der Waals surface area contributed by atoms with Crippen LogP contribution in [0.2, 0.25) is 5.02 Å². The molecule has 1 amide bonds. The number of hydrogen-bond donors (Lipinski definition) is 1. The van der Waals surface area contributed by atoms with Crippen molar-refractivity contribution in [2.75, 3.05) is 12.4 Å². The summed E-state index contributed by atoms with van der Waals surface area (Å²) in [4.78, 5) is 11.9. The number of halogens is 1. The van der Waals surface area contributed by atoms with Crippen LogP contribution in [0.1, 0.15) is 51.9 Å². The minimum atomic E-state index is 0.0149. The van der Waals surface area contributed by atoms with Gasteiger partial charge in [0.25, 0.3) is 0 Å². The van der Waals surface area contributed by atoms with E-state index in [1.54, 1.807) is 25.3 Å². The lowest BCUT2D eigenvalue weighted by molar-refractivity contribution is -0.116. The SMILES string of the molecule is CCCCCCCCC(=O)Nc1cc(Cl)ccc1OC. The van der Waals surface area contributed by atoms with Crippen LogP contribution in [-0.4, -0.2) is 13.0 Å². The van der Waals surface area contributed by atoms with E-state index in [2.05, 4.69) is 12.2 Å². The molecule has 1 N–H and O–H groups in total. The molecule has 112 valence electrons. The fourth-order valence-corrected chi connectivity index (χ4v) is 2.23. The number of ether oxygens (including phenoxy) is 1. The first-order chi connectivity index (χ1) is 9.67. The van der Waals surface area contributed by atoms with Gasteiger partial charge in [-0.05, 0) is 24.6 Å². The number of nitrogens with one attached hydrogen (secondary N) is 1. The number of hydrogen-bond acceptors (Lipinski definition) is 2. The maximum atomic E-state index is 11.9. The Kier molecular flexibility index (Phi) is 8.12. The summed E-state index contributed by atoms with van der Waals surface area (Å²) in [6.45, 7) is 2.20. The Bertz CT molecular complexity index is 421. The second-order valence-electron chi connectivity index (χ2n) is 4.91. The summed E-state index contributed by atoms with van der Waals surface area (Å²) in [5, 5.41) is 3.44. The number of anilines is 1. The van der Waals surface area contributed by atoms with Gasteiger partial charge in [0.15, 0.2) is 0 Å². The van der Waals surface area contributed by atoms with Crippen molar-refractivity contribution in [3.63, 3.8) is 0 Å². The largest absolute Gasteiger partial charge is 0.495 e. The Hall–Kier alpha value is -1.22. The van der Waals surface area contributed by atoms with Gasteiger partial charge >= 0.3 is 0 Å². The Labute approximate surface area is 126 Å². The van der Waals surface area contributed by atoms with Crippen LogP contribution < -0.4 is 10.1 Å². The van der Waals surface area contributed by atoms with E-state index in [4.69, 9.17) is 16.3 Å². The van der Waals surface area contributed by atoms with Gasteiger partial charge in [-0.25, -0.2) is 0 Å². The smallest absolute Gasteiger partial charge is 0.224 e. The zero-order valence-corrected chi connectivity index (χ0v) is 13.1. The van der Waals surface area contributed by atoms with Crippen molar-refractivity contribution in [1.29, 1.82) is 0 Å². The quantitative estimate of drug-likeness (QED) is 0.649. The van der Waals surface area contributed by atoms with Gasteiger partial charge < -0.3 is 10.1 Å². The number of methoxy groups -OCH3 is 1. The molecule has 0 saturated heterocycles. The van der Waals surface area contributed by atoms with E-state index < -0.39 is 0 Å². The normalized spacial score (nSPS) is 10.3. The lowest BCUT2D eigenvalue weighted by Gasteiger charge is -2.10. The maximum absolute atomic E-state index is 11.9. The number of amides is 1. The fraction of sp³-hybridized carbons (Fsp3) is 0.562. The van der Waals surface area contributed by atoms with Gasteiger partial charge in [-0.15, -0.1) is 0 Å². The third-order valence-corrected chi connectivity index (χ3v) is 3.43. The summed E-state index contributed by atoms with van der Waals surface area (Å²) in [7, 11) is 1.58. The molecular weight excluding hydrogens is 274 g/mol. The monoisotopic (exact) mass is 297 g/mol. The predicted molar refractivity (Wildman–Crippen MR) is 84.6 cm³/mol. The van der Waals surface area contributed by atoms with Crippen LogP contribution in [0.5, 0.6) is 5.75 Å². The van der Waals surface area contributed by atoms with Crippen molar-refractivity contribution in [2.24, 2.45) is 0 Å². The van der Waals surface area contributed by atoms with Crippen LogP contribution in [0.3, 0.4) is 0 Å². The van der Waals surface area contributed by atoms with E-state index >= 15 is 0 Å². The van der Waals surface area contributed by atoms with E-state index in [1.165, 1.54) is 25.7 Å². The van der Waals surface area contributed by atoms with Crippen LogP contribution in [0.4, 0.5) is 5.69 Å². The highest BCUT2D eigenvalue weighted by Crippen LogP contribution is 2.27. The summed E-state index contributed by atoms with van der Waals surface area (Å²) in [5.74, 6) is 0.645. The first-order valence-corrected chi connectivity index (χ1v) is 7.68. The molecule has 0 heterocycles. The van der Waals surface area contributed by atoms with Crippen molar-refractivity contribution in [3.05, 3.63) is 23.2 Å². The number of rotatable bonds is 9. The predicted octanol–water partition coefficient (Wildman–Crippen LogP) is 5.04. The Balaban J connectivity index is 2.33. The molecule has 1 aromatic carbocycles. The van der Waals surface area contributed by atoms with Crippen molar-refractivity contribution < 1.29 is 9.53 Å². The molecule has 1 rings (SSSR count). The van der Waals surface area contributed by atoms with Crippen molar-refractivity contribution in [3.8, 4) is 5.75 Å². The van der Waals surface area contributed by atoms with Gasteiger partial charge in [0, 0.05) is 11.4 Å². The molecule has 0 aliphatic heterocycles. The highest BCUT2D eigenvalue weighted by Gasteiger charge is 2.08. The molecule has 0 bridgehead atoms. The second kappa shape index (κ2) is 9.65. The Morgan fingerprint density at radius 2 is 1.90 bits per heavy atom. The molecule has 4 heteroatoms. The van der Waals surface area contributed by atoms with Crippen molar-refractivity contribution in [2.45, 2.75) is 51.9 Å². The molecule has 0 radical (unpaired) electrons. The molecule has 0 fully saturated rings. The van der Waals surface area contributed by atoms with Crippen LogP contribution >= 0.6 is 11.6 Å². The minimum Gasteiger partial charge on any atom is -0.495 e. The first kappa shape index (κ1) is 16.8. The average Bonchev–Trinajstić information content (AvgIpc) is 2.43. The molecule has 0 aliphatic carbocycles. The van der Waals surface area contributed by atoms with Gasteiger partial charge in [-0.3, -0.25) is 4.79 Å². The number of benzene rings is 1. The topological polar surface area (TPSA) is 38.3 Å². The minimum absolute atomic E-state index is 0.0149. The number of carbonyl (C=O) groups is 1. The van der Waals surface area contributed by atoms with Gasteiger partial charge in [0.2, 0.25) is 5.91 Å². The van der Waals surface area contributed by atoms with E-state index in [0.29, 0.717) is 22.9 Å². The Morgan fingerprint density at radius 3 is 2.60 bits per heavy atom. The molecule has 1 aromatic rings.